The van der Waals surface area contributed by atoms with Crippen LogP contribution in [0.5, 0.6) is 5.95 Å². The first-order valence-electron chi connectivity index (χ1n) is 10.2. The fourth-order valence-electron chi connectivity index (χ4n) is 3.23. The molecule has 0 amide bonds. The Balaban J connectivity index is 1.88. The summed E-state index contributed by atoms with van der Waals surface area (Å²) in [6.45, 7) is 3.28. The first-order chi connectivity index (χ1) is 15.8. The van der Waals surface area contributed by atoms with Crippen molar-refractivity contribution in [3.63, 3.8) is 0 Å². The summed E-state index contributed by atoms with van der Waals surface area (Å²) in [5.74, 6) is -0.0565. The average molecular weight is 449 g/mol. The number of benzene rings is 2. The molecule has 0 bridgehead atoms. The van der Waals surface area contributed by atoms with Crippen molar-refractivity contribution < 1.29 is 23.6 Å². The van der Waals surface area contributed by atoms with E-state index in [1.54, 1.807) is 68.5 Å². The van der Waals surface area contributed by atoms with Crippen LogP contribution in [-0.2, 0) is 4.74 Å². The highest BCUT2D eigenvalue weighted by atomic mass is 16.6. The topological polar surface area (TPSA) is 109 Å². The van der Waals surface area contributed by atoms with E-state index in [2.05, 4.69) is 0 Å². The number of esters is 1. The van der Waals surface area contributed by atoms with Gasteiger partial charge in [0.15, 0.2) is 5.43 Å². The molecule has 1 heterocycles. The zero-order valence-corrected chi connectivity index (χ0v) is 18.4. The molecular weight excluding hydrogens is 426 g/mol. The van der Waals surface area contributed by atoms with E-state index < -0.39 is 17.0 Å². The van der Waals surface area contributed by atoms with Crippen LogP contribution in [0.2, 0.25) is 0 Å². The van der Waals surface area contributed by atoms with Crippen LogP contribution < -0.4 is 10.2 Å². The molecule has 1 unspecified atom stereocenters. The first-order valence-corrected chi connectivity index (χ1v) is 10.2. The predicted octanol–water partition coefficient (Wildman–Crippen LogP) is 5.18. The molecule has 0 spiro atoms. The molecule has 0 radical (unpaired) electrons. The lowest BCUT2D eigenvalue weighted by Gasteiger charge is -2.17. The van der Waals surface area contributed by atoms with Gasteiger partial charge < -0.3 is 13.9 Å². The third kappa shape index (κ3) is 5.54. The smallest absolute Gasteiger partial charge is 0.338 e. The van der Waals surface area contributed by atoms with E-state index in [1.165, 1.54) is 19.2 Å². The Morgan fingerprint density at radius 1 is 1.09 bits per heavy atom. The summed E-state index contributed by atoms with van der Waals surface area (Å²) in [6, 6.07) is 14.3. The van der Waals surface area contributed by atoms with E-state index in [1.807, 2.05) is 0 Å². The van der Waals surface area contributed by atoms with Crippen molar-refractivity contribution in [3.05, 3.63) is 109 Å². The Morgan fingerprint density at radius 3 is 2.36 bits per heavy atom. The van der Waals surface area contributed by atoms with Gasteiger partial charge >= 0.3 is 5.97 Å². The Hall–Kier alpha value is -4.20. The quantitative estimate of drug-likeness (QED) is 0.265. The van der Waals surface area contributed by atoms with Crippen LogP contribution >= 0.6 is 0 Å². The van der Waals surface area contributed by atoms with E-state index in [9.17, 15) is 19.7 Å². The van der Waals surface area contributed by atoms with Crippen molar-refractivity contribution >= 4 is 17.7 Å². The van der Waals surface area contributed by atoms with Crippen LogP contribution in [0.15, 0.2) is 69.9 Å². The molecule has 0 aliphatic heterocycles. The Morgan fingerprint density at radius 2 is 1.76 bits per heavy atom. The van der Waals surface area contributed by atoms with Crippen LogP contribution in [0.25, 0.3) is 6.08 Å². The standard InChI is InChI=1S/C25H23NO7/c1-16-21(33-25(31-3)17(2)23(16)27)10-7-11-22(18-12-14-20(15-13-18)26(29)30)32-24(28)19-8-5-4-6-9-19/h4-10,12-15,22H,11H2,1-3H3/b10-7+. The van der Waals surface area contributed by atoms with Crippen molar-refractivity contribution in [2.75, 3.05) is 7.11 Å². The maximum Gasteiger partial charge on any atom is 0.338 e. The number of hydrogen-bond acceptors (Lipinski definition) is 7. The monoisotopic (exact) mass is 449 g/mol. The lowest BCUT2D eigenvalue weighted by molar-refractivity contribution is -0.384. The van der Waals surface area contributed by atoms with Gasteiger partial charge in [0.2, 0.25) is 0 Å². The molecule has 33 heavy (non-hydrogen) atoms. The molecule has 1 atom stereocenters. The number of methoxy groups -OCH3 is 1. The van der Waals surface area contributed by atoms with Crippen LogP contribution in [0.1, 0.15) is 45.3 Å². The second kappa shape index (κ2) is 10.4. The number of carbonyl (C=O) groups excluding carboxylic acids is 1. The lowest BCUT2D eigenvalue weighted by atomic mass is 10.0. The summed E-state index contributed by atoms with van der Waals surface area (Å²) in [5.41, 5.74) is 1.55. The third-order valence-corrected chi connectivity index (χ3v) is 5.10. The van der Waals surface area contributed by atoms with Gasteiger partial charge in [-0.1, -0.05) is 24.3 Å². The number of nitro benzene ring substituents is 1. The molecule has 0 fully saturated rings. The molecule has 0 saturated heterocycles. The van der Waals surface area contributed by atoms with E-state index in [4.69, 9.17) is 13.9 Å². The third-order valence-electron chi connectivity index (χ3n) is 5.10. The summed E-state index contributed by atoms with van der Waals surface area (Å²) in [7, 11) is 1.42. The molecule has 8 heteroatoms. The summed E-state index contributed by atoms with van der Waals surface area (Å²) < 4.78 is 16.5. The number of nitrogens with zero attached hydrogens (tertiary/aromatic N) is 1. The molecule has 0 N–H and O–H groups in total. The second-order valence-corrected chi connectivity index (χ2v) is 7.28. The molecule has 0 aliphatic rings. The summed E-state index contributed by atoms with van der Waals surface area (Å²) in [6.07, 6.45) is 2.86. The summed E-state index contributed by atoms with van der Waals surface area (Å²) >= 11 is 0. The number of nitro groups is 1. The molecule has 170 valence electrons. The number of ether oxygens (including phenoxy) is 2. The van der Waals surface area contributed by atoms with Gasteiger partial charge in [-0.05, 0) is 49.8 Å². The first kappa shape index (κ1) is 23.5. The Kier molecular flexibility index (Phi) is 7.40. The van der Waals surface area contributed by atoms with Gasteiger partial charge in [-0.15, -0.1) is 0 Å². The van der Waals surface area contributed by atoms with Gasteiger partial charge in [-0.2, -0.15) is 0 Å². The zero-order valence-electron chi connectivity index (χ0n) is 18.4. The second-order valence-electron chi connectivity index (χ2n) is 7.28. The van der Waals surface area contributed by atoms with Crippen molar-refractivity contribution in [2.45, 2.75) is 26.4 Å². The number of non-ortho nitro benzene ring substituents is 1. The SMILES string of the molecule is COc1oc(/C=C/CC(OC(=O)c2ccccc2)c2ccc([N+](=O)[O-])cc2)c(C)c(=O)c1C. The van der Waals surface area contributed by atoms with Crippen LogP contribution in [-0.4, -0.2) is 18.0 Å². The van der Waals surface area contributed by atoms with Gasteiger partial charge in [0.1, 0.15) is 11.9 Å². The minimum atomic E-state index is -0.714. The average Bonchev–Trinajstić information content (AvgIpc) is 2.83. The van der Waals surface area contributed by atoms with Gasteiger partial charge in [-0.25, -0.2) is 4.79 Å². The maximum atomic E-state index is 12.6. The molecular formula is C25H23NO7. The number of hydrogen-bond donors (Lipinski definition) is 0. The van der Waals surface area contributed by atoms with Gasteiger partial charge in [0.25, 0.3) is 11.6 Å². The highest BCUT2D eigenvalue weighted by Crippen LogP contribution is 2.27. The molecule has 0 aliphatic carbocycles. The maximum absolute atomic E-state index is 12.6. The fourth-order valence-corrected chi connectivity index (χ4v) is 3.23. The minimum absolute atomic E-state index is 0.0634. The normalized spacial score (nSPS) is 11.8. The van der Waals surface area contributed by atoms with Gasteiger partial charge in [0.05, 0.1) is 23.2 Å². The summed E-state index contributed by atoms with van der Waals surface area (Å²) in [4.78, 5) is 35.5. The largest absolute Gasteiger partial charge is 0.468 e. The van der Waals surface area contributed by atoms with Crippen molar-refractivity contribution in [2.24, 2.45) is 0 Å². The highest BCUT2D eigenvalue weighted by molar-refractivity contribution is 5.89. The van der Waals surface area contributed by atoms with Crippen LogP contribution in [0.3, 0.4) is 0 Å². The van der Waals surface area contributed by atoms with Gasteiger partial charge in [0, 0.05) is 24.1 Å². The minimum Gasteiger partial charge on any atom is -0.468 e. The van der Waals surface area contributed by atoms with Crippen LogP contribution in [0.4, 0.5) is 5.69 Å². The Labute approximate surface area is 190 Å². The molecule has 1 aromatic heterocycles. The van der Waals surface area contributed by atoms with Crippen molar-refractivity contribution in [1.29, 1.82) is 0 Å². The van der Waals surface area contributed by atoms with E-state index in [-0.39, 0.29) is 23.5 Å². The van der Waals surface area contributed by atoms with E-state index in [0.29, 0.717) is 28.0 Å². The van der Waals surface area contributed by atoms with Gasteiger partial charge in [-0.3, -0.25) is 14.9 Å². The molecule has 2 aromatic carbocycles. The fraction of sp³-hybridized carbons (Fsp3) is 0.200. The molecule has 3 rings (SSSR count). The molecule has 0 saturated carbocycles. The molecule has 3 aromatic rings. The zero-order chi connectivity index (χ0) is 24.0. The number of carbonyl (C=O) groups is 1. The number of rotatable bonds is 8. The van der Waals surface area contributed by atoms with E-state index in [0.717, 1.165) is 0 Å². The van der Waals surface area contributed by atoms with Crippen molar-refractivity contribution in [3.8, 4) is 5.95 Å². The van der Waals surface area contributed by atoms with Crippen molar-refractivity contribution in [1.82, 2.24) is 0 Å². The predicted molar refractivity (Wildman–Crippen MR) is 122 cm³/mol. The van der Waals surface area contributed by atoms with Crippen LogP contribution in [0, 0.1) is 24.0 Å². The summed E-state index contributed by atoms with van der Waals surface area (Å²) in [5, 5.41) is 11.0. The molecule has 8 nitrogen and oxygen atoms in total. The van der Waals surface area contributed by atoms with E-state index >= 15 is 0 Å². The lowest BCUT2D eigenvalue weighted by Crippen LogP contribution is -2.12. The Bertz CT molecular complexity index is 1230. The highest BCUT2D eigenvalue weighted by Gasteiger charge is 2.19.